The Balaban J connectivity index is 1.97. The summed E-state index contributed by atoms with van der Waals surface area (Å²) in [5.41, 5.74) is 1.16. The van der Waals surface area contributed by atoms with Gasteiger partial charge in [-0.2, -0.15) is 0 Å². The molecule has 0 saturated heterocycles. The highest BCUT2D eigenvalue weighted by atomic mass is 32.1. The number of carbonyl (C=O) groups excluding carboxylic acids is 1. The zero-order chi connectivity index (χ0) is 20.4. The van der Waals surface area contributed by atoms with Crippen LogP contribution in [0.3, 0.4) is 0 Å². The Morgan fingerprint density at radius 1 is 1.18 bits per heavy atom. The second-order valence-corrected chi connectivity index (χ2v) is 6.97. The smallest absolute Gasteiger partial charge is 0.261 e. The van der Waals surface area contributed by atoms with Crippen molar-refractivity contribution >= 4 is 28.9 Å². The third kappa shape index (κ3) is 7.04. The van der Waals surface area contributed by atoms with Crippen molar-refractivity contribution in [2.75, 3.05) is 18.5 Å². The van der Waals surface area contributed by atoms with Crippen LogP contribution in [-0.4, -0.2) is 24.2 Å². The lowest BCUT2D eigenvalue weighted by molar-refractivity contribution is 0.0973. The Morgan fingerprint density at radius 3 is 2.71 bits per heavy atom. The Labute approximate surface area is 171 Å². The van der Waals surface area contributed by atoms with E-state index in [2.05, 4.69) is 31.1 Å². The fraction of sp³-hybridized carbons (Fsp3) is 0.273. The minimum absolute atomic E-state index is 0.197. The van der Waals surface area contributed by atoms with Crippen LogP contribution in [0.25, 0.3) is 0 Å². The first-order valence-corrected chi connectivity index (χ1v) is 9.58. The number of ether oxygens (including phenoxy) is 2. The van der Waals surface area contributed by atoms with Gasteiger partial charge in [0.2, 0.25) is 0 Å². The monoisotopic (exact) mass is 398 g/mol. The summed E-state index contributed by atoms with van der Waals surface area (Å²) in [5.74, 6) is 1.44. The maximum Gasteiger partial charge on any atom is 0.261 e. The lowest BCUT2D eigenvalue weighted by atomic mass is 10.1. The molecule has 0 unspecified atom stereocenters. The van der Waals surface area contributed by atoms with Crippen LogP contribution in [-0.2, 0) is 0 Å². The molecule has 0 atom stereocenters. The van der Waals surface area contributed by atoms with Crippen molar-refractivity contribution in [2.45, 2.75) is 20.3 Å². The molecular weight excluding hydrogens is 372 g/mol. The van der Waals surface area contributed by atoms with E-state index in [0.717, 1.165) is 6.42 Å². The van der Waals surface area contributed by atoms with Crippen molar-refractivity contribution in [1.29, 1.82) is 0 Å². The van der Waals surface area contributed by atoms with Gasteiger partial charge >= 0.3 is 0 Å². The van der Waals surface area contributed by atoms with Crippen LogP contribution in [0.15, 0.2) is 61.2 Å². The van der Waals surface area contributed by atoms with Crippen LogP contribution in [0.5, 0.6) is 11.5 Å². The largest absolute Gasteiger partial charge is 0.493 e. The first kappa shape index (κ1) is 21.4. The molecule has 0 aliphatic heterocycles. The first-order chi connectivity index (χ1) is 13.5. The first-order valence-electron chi connectivity index (χ1n) is 9.17. The highest BCUT2D eigenvalue weighted by molar-refractivity contribution is 7.80. The molecule has 5 nitrogen and oxygen atoms in total. The fourth-order valence-corrected chi connectivity index (χ4v) is 2.55. The van der Waals surface area contributed by atoms with E-state index in [1.54, 1.807) is 30.3 Å². The van der Waals surface area contributed by atoms with Gasteiger partial charge in [-0.1, -0.05) is 44.7 Å². The molecule has 0 heterocycles. The van der Waals surface area contributed by atoms with Gasteiger partial charge in [-0.25, -0.2) is 0 Å². The molecule has 28 heavy (non-hydrogen) atoms. The number of hydrogen-bond acceptors (Lipinski definition) is 4. The zero-order valence-electron chi connectivity index (χ0n) is 16.2. The predicted molar refractivity (Wildman–Crippen MR) is 117 cm³/mol. The van der Waals surface area contributed by atoms with E-state index in [4.69, 9.17) is 21.7 Å². The average molecular weight is 399 g/mol. The van der Waals surface area contributed by atoms with Gasteiger partial charge in [0.05, 0.1) is 12.2 Å². The minimum atomic E-state index is -0.322. The summed E-state index contributed by atoms with van der Waals surface area (Å²) >= 11 is 5.27. The molecule has 0 aliphatic rings. The van der Waals surface area contributed by atoms with Crippen molar-refractivity contribution in [3.8, 4) is 11.5 Å². The van der Waals surface area contributed by atoms with Crippen molar-refractivity contribution in [3.05, 3.63) is 66.7 Å². The standard InChI is InChI=1S/C22H26N2O3S/c1-4-13-26-18-9-7-8-17(15-18)23-22(28)24-21(25)19-10-5-6-11-20(19)27-14-12-16(2)3/h4-11,15-16H,1,12-14H2,2-3H3,(H2,23,24,25,28). The Morgan fingerprint density at radius 2 is 1.96 bits per heavy atom. The van der Waals surface area contributed by atoms with Crippen LogP contribution in [0.4, 0.5) is 5.69 Å². The number of hydrogen-bond donors (Lipinski definition) is 2. The second kappa shape index (κ2) is 11.1. The molecule has 0 bridgehead atoms. The van der Waals surface area contributed by atoms with Gasteiger partial charge in [-0.15, -0.1) is 0 Å². The van der Waals surface area contributed by atoms with E-state index in [1.165, 1.54) is 0 Å². The molecule has 148 valence electrons. The maximum atomic E-state index is 12.6. The highest BCUT2D eigenvalue weighted by Gasteiger charge is 2.14. The summed E-state index contributed by atoms with van der Waals surface area (Å²) in [7, 11) is 0. The van der Waals surface area contributed by atoms with E-state index >= 15 is 0 Å². The molecule has 2 N–H and O–H groups in total. The van der Waals surface area contributed by atoms with Gasteiger partial charge in [-0.3, -0.25) is 10.1 Å². The molecule has 0 radical (unpaired) electrons. The highest BCUT2D eigenvalue weighted by Crippen LogP contribution is 2.20. The van der Waals surface area contributed by atoms with Gasteiger partial charge in [-0.05, 0) is 48.8 Å². The van der Waals surface area contributed by atoms with E-state index in [-0.39, 0.29) is 11.0 Å². The van der Waals surface area contributed by atoms with Crippen molar-refractivity contribution in [2.24, 2.45) is 5.92 Å². The Kier molecular flexibility index (Phi) is 8.49. The zero-order valence-corrected chi connectivity index (χ0v) is 17.1. The molecule has 2 aromatic carbocycles. The molecule has 0 spiro atoms. The minimum Gasteiger partial charge on any atom is -0.493 e. The number of anilines is 1. The summed E-state index contributed by atoms with van der Waals surface area (Å²) < 4.78 is 11.3. The summed E-state index contributed by atoms with van der Waals surface area (Å²) in [5, 5.41) is 5.88. The number of thiocarbonyl (C=S) groups is 1. The van der Waals surface area contributed by atoms with E-state index in [1.807, 2.05) is 24.3 Å². The molecule has 1 amide bonds. The van der Waals surface area contributed by atoms with Gasteiger partial charge in [0.1, 0.15) is 18.1 Å². The van der Waals surface area contributed by atoms with Gasteiger partial charge < -0.3 is 14.8 Å². The van der Waals surface area contributed by atoms with Gasteiger partial charge in [0, 0.05) is 11.8 Å². The molecule has 2 rings (SSSR count). The molecular formula is C22H26N2O3S. The number of amides is 1. The SMILES string of the molecule is C=CCOc1cccc(NC(=S)NC(=O)c2ccccc2OCCC(C)C)c1. The Bertz CT molecular complexity index is 821. The van der Waals surface area contributed by atoms with E-state index in [0.29, 0.717) is 41.9 Å². The molecule has 6 heteroatoms. The number of rotatable bonds is 9. The summed E-state index contributed by atoms with van der Waals surface area (Å²) in [6, 6.07) is 14.4. The van der Waals surface area contributed by atoms with Crippen LogP contribution in [0, 0.1) is 5.92 Å². The average Bonchev–Trinajstić information content (AvgIpc) is 2.66. The second-order valence-electron chi connectivity index (χ2n) is 6.56. The number of nitrogens with one attached hydrogen (secondary N) is 2. The maximum absolute atomic E-state index is 12.6. The quantitative estimate of drug-likeness (QED) is 0.469. The predicted octanol–water partition coefficient (Wildman–Crippen LogP) is 4.80. The van der Waals surface area contributed by atoms with Crippen LogP contribution >= 0.6 is 12.2 Å². The molecule has 0 fully saturated rings. The van der Waals surface area contributed by atoms with Crippen LogP contribution in [0.1, 0.15) is 30.6 Å². The van der Waals surface area contributed by atoms with E-state index in [9.17, 15) is 4.79 Å². The molecule has 2 aromatic rings. The van der Waals surface area contributed by atoms with Crippen LogP contribution in [0.2, 0.25) is 0 Å². The fourth-order valence-electron chi connectivity index (χ4n) is 2.34. The third-order valence-corrected chi connectivity index (χ3v) is 3.98. The van der Waals surface area contributed by atoms with Crippen molar-refractivity contribution in [1.82, 2.24) is 5.32 Å². The van der Waals surface area contributed by atoms with Crippen LogP contribution < -0.4 is 20.1 Å². The van der Waals surface area contributed by atoms with E-state index < -0.39 is 0 Å². The summed E-state index contributed by atoms with van der Waals surface area (Å²) in [6.45, 7) is 8.85. The topological polar surface area (TPSA) is 59.6 Å². The lowest BCUT2D eigenvalue weighted by Crippen LogP contribution is -2.34. The Hall–Kier alpha value is -2.86. The molecule has 0 aromatic heterocycles. The lowest BCUT2D eigenvalue weighted by Gasteiger charge is -2.14. The van der Waals surface area contributed by atoms with Crippen molar-refractivity contribution in [3.63, 3.8) is 0 Å². The third-order valence-electron chi connectivity index (χ3n) is 3.77. The number of carbonyl (C=O) groups is 1. The number of benzene rings is 2. The summed E-state index contributed by atoms with van der Waals surface area (Å²) in [4.78, 5) is 12.6. The van der Waals surface area contributed by atoms with Crippen molar-refractivity contribution < 1.29 is 14.3 Å². The number of para-hydroxylation sites is 1. The molecule has 0 aliphatic carbocycles. The van der Waals surface area contributed by atoms with Gasteiger partial charge in [0.25, 0.3) is 5.91 Å². The summed E-state index contributed by atoms with van der Waals surface area (Å²) in [6.07, 6.45) is 2.59. The van der Waals surface area contributed by atoms with Gasteiger partial charge in [0.15, 0.2) is 5.11 Å². The molecule has 0 saturated carbocycles. The normalized spacial score (nSPS) is 10.2.